The fourth-order valence-electron chi connectivity index (χ4n) is 8.20. The maximum Gasteiger partial charge on any atom is 0.254 e. The number of likely N-dealkylation sites (tertiary alicyclic amines) is 2. The van der Waals surface area contributed by atoms with Crippen LogP contribution in [-0.2, 0) is 26.2 Å². The van der Waals surface area contributed by atoms with E-state index in [0.29, 0.717) is 49.5 Å². The van der Waals surface area contributed by atoms with Crippen molar-refractivity contribution in [1.29, 1.82) is 0 Å². The molecule has 0 saturated carbocycles. The Labute approximate surface area is 317 Å². The maximum atomic E-state index is 14.6. The number of hydrogen-bond donors (Lipinski definition) is 3. The number of rotatable bonds is 13. The molecule has 1 aromatic heterocycles. The van der Waals surface area contributed by atoms with Gasteiger partial charge in [-0.3, -0.25) is 19.2 Å². The monoisotopic (exact) mass is 735 g/mol. The Morgan fingerprint density at radius 1 is 0.907 bits per heavy atom. The lowest BCUT2D eigenvalue weighted by molar-refractivity contribution is -0.144. The van der Waals surface area contributed by atoms with Gasteiger partial charge in [-0.1, -0.05) is 48.5 Å². The van der Waals surface area contributed by atoms with E-state index in [-0.39, 0.29) is 48.1 Å². The molecule has 286 valence electrons. The van der Waals surface area contributed by atoms with Crippen molar-refractivity contribution < 1.29 is 28.7 Å². The molecule has 4 amide bonds. The van der Waals surface area contributed by atoms with E-state index in [4.69, 9.17) is 9.47 Å². The van der Waals surface area contributed by atoms with Crippen molar-refractivity contribution in [1.82, 2.24) is 25.4 Å². The topological polar surface area (TPSA) is 133 Å². The second-order valence-electron chi connectivity index (χ2n) is 15.4. The summed E-state index contributed by atoms with van der Waals surface area (Å²) in [5, 5.41) is 6.76. The van der Waals surface area contributed by atoms with E-state index < -0.39 is 17.4 Å². The van der Waals surface area contributed by atoms with Crippen LogP contribution in [0.15, 0.2) is 79.0 Å². The van der Waals surface area contributed by atoms with Gasteiger partial charge in [0.2, 0.25) is 17.7 Å². The Hall–Kier alpha value is -5.32. The highest BCUT2D eigenvalue weighted by Gasteiger charge is 2.50. The van der Waals surface area contributed by atoms with E-state index in [1.807, 2.05) is 76.4 Å². The normalized spacial score (nSPS) is 19.0. The molecule has 11 nitrogen and oxygen atoms in total. The third-order valence-electron chi connectivity index (χ3n) is 11.0. The molecule has 4 unspecified atom stereocenters. The molecule has 3 N–H and O–H groups in total. The number of benzene rings is 3. The zero-order valence-electron chi connectivity index (χ0n) is 32.2. The molecule has 3 heterocycles. The van der Waals surface area contributed by atoms with Crippen LogP contribution in [0, 0.1) is 17.8 Å². The lowest BCUT2D eigenvalue weighted by atomic mass is 9.77. The minimum atomic E-state index is -0.903. The van der Waals surface area contributed by atoms with Gasteiger partial charge in [0, 0.05) is 55.9 Å². The SMILES string of the molecule is CNC(=O)C(CCCc1ccccc1)NC(=O)C1CN(C(=O)C(C)(C)c2c[nH]c3ccccc23)CC2CN(C(=O)c3ccc(OC(C)C)c(OC)c3)CC21. The van der Waals surface area contributed by atoms with Crippen LogP contribution in [0.3, 0.4) is 0 Å². The number of H-pyrrole nitrogens is 1. The molecule has 0 spiro atoms. The van der Waals surface area contributed by atoms with Gasteiger partial charge >= 0.3 is 0 Å². The number of hydrogen-bond acceptors (Lipinski definition) is 6. The number of fused-ring (bicyclic) bond motifs is 2. The third kappa shape index (κ3) is 8.10. The van der Waals surface area contributed by atoms with Gasteiger partial charge in [-0.25, -0.2) is 0 Å². The first kappa shape index (κ1) is 38.4. The molecule has 2 saturated heterocycles. The number of amides is 4. The smallest absolute Gasteiger partial charge is 0.254 e. The van der Waals surface area contributed by atoms with Crippen LogP contribution in [-0.4, -0.2) is 90.9 Å². The predicted octanol–water partition coefficient (Wildman–Crippen LogP) is 5.34. The molecule has 2 fully saturated rings. The lowest BCUT2D eigenvalue weighted by Gasteiger charge is -2.42. The lowest BCUT2D eigenvalue weighted by Crippen LogP contribution is -2.58. The number of piperidine rings is 1. The van der Waals surface area contributed by atoms with Crippen LogP contribution in [0.5, 0.6) is 11.5 Å². The summed E-state index contributed by atoms with van der Waals surface area (Å²) in [4.78, 5) is 63.1. The van der Waals surface area contributed by atoms with E-state index in [1.165, 1.54) is 0 Å². The summed E-state index contributed by atoms with van der Waals surface area (Å²) < 4.78 is 11.4. The molecule has 4 atom stereocenters. The average molecular weight is 736 g/mol. The standard InChI is InChI=1S/C43H53N5O6/c1-27(2)54-37-20-19-29(21-38(37)53-6)41(51)47-23-30-24-48(42(52)43(3,4)34-22-45-35-17-11-10-16-31(34)35)26-33(32(30)25-47)39(49)46-36(40(50)44-5)18-12-15-28-13-8-7-9-14-28/h7-11,13-14,16-17,19-22,27,30,32-33,36,45H,12,15,18,23-26H2,1-6H3,(H,44,50)(H,46,49). The number of methoxy groups -OCH3 is 1. The zero-order chi connectivity index (χ0) is 38.6. The number of aryl methyl sites for hydroxylation is 1. The van der Waals surface area contributed by atoms with Crippen LogP contribution in [0.1, 0.15) is 62.0 Å². The Morgan fingerprint density at radius 2 is 1.63 bits per heavy atom. The van der Waals surface area contributed by atoms with Gasteiger partial charge in [0.1, 0.15) is 6.04 Å². The molecule has 0 aliphatic carbocycles. The van der Waals surface area contributed by atoms with Gasteiger partial charge in [-0.05, 0) is 94.2 Å². The van der Waals surface area contributed by atoms with Crippen molar-refractivity contribution in [2.75, 3.05) is 40.3 Å². The van der Waals surface area contributed by atoms with Crippen LogP contribution in [0.2, 0.25) is 0 Å². The summed E-state index contributed by atoms with van der Waals surface area (Å²) in [5.74, 6) is -0.807. The predicted molar refractivity (Wildman–Crippen MR) is 208 cm³/mol. The zero-order valence-corrected chi connectivity index (χ0v) is 32.2. The molecule has 2 aliphatic heterocycles. The molecule has 11 heteroatoms. The molecule has 0 radical (unpaired) electrons. The van der Waals surface area contributed by atoms with E-state index in [2.05, 4.69) is 27.8 Å². The Kier molecular flexibility index (Phi) is 11.6. The highest BCUT2D eigenvalue weighted by molar-refractivity contribution is 5.97. The van der Waals surface area contributed by atoms with Gasteiger partial charge in [0.15, 0.2) is 11.5 Å². The molecule has 3 aromatic carbocycles. The first-order chi connectivity index (χ1) is 25.9. The molecule has 2 aliphatic rings. The van der Waals surface area contributed by atoms with Crippen molar-refractivity contribution in [2.24, 2.45) is 17.8 Å². The Bertz CT molecular complexity index is 1970. The highest BCUT2D eigenvalue weighted by atomic mass is 16.5. The number of nitrogens with one attached hydrogen (secondary N) is 3. The Morgan fingerprint density at radius 3 is 2.35 bits per heavy atom. The van der Waals surface area contributed by atoms with Crippen LogP contribution >= 0.6 is 0 Å². The Balaban J connectivity index is 1.26. The summed E-state index contributed by atoms with van der Waals surface area (Å²) >= 11 is 0. The molecule has 4 aromatic rings. The minimum Gasteiger partial charge on any atom is -0.493 e. The van der Waals surface area contributed by atoms with E-state index in [1.54, 1.807) is 42.2 Å². The number of aromatic nitrogens is 1. The maximum absolute atomic E-state index is 14.6. The van der Waals surface area contributed by atoms with E-state index in [9.17, 15) is 19.2 Å². The summed E-state index contributed by atoms with van der Waals surface area (Å²) in [6.07, 6.45) is 3.76. The average Bonchev–Trinajstić information content (AvgIpc) is 3.82. The molecule has 6 rings (SSSR count). The molecular formula is C43H53N5O6. The first-order valence-electron chi connectivity index (χ1n) is 19.0. The van der Waals surface area contributed by atoms with Gasteiger partial charge in [0.05, 0.1) is 24.5 Å². The molecule has 54 heavy (non-hydrogen) atoms. The van der Waals surface area contributed by atoms with Gasteiger partial charge in [-0.2, -0.15) is 0 Å². The number of nitrogens with zero attached hydrogens (tertiary/aromatic N) is 2. The number of carbonyl (C=O) groups excluding carboxylic acids is 4. The van der Waals surface area contributed by atoms with Crippen molar-refractivity contribution in [3.05, 3.63) is 95.7 Å². The third-order valence-corrected chi connectivity index (χ3v) is 11.0. The second kappa shape index (κ2) is 16.4. The molecule has 0 bridgehead atoms. The van der Waals surface area contributed by atoms with Gasteiger partial charge in [0.25, 0.3) is 5.91 Å². The molecular weight excluding hydrogens is 683 g/mol. The number of carbonyl (C=O) groups is 4. The summed E-state index contributed by atoms with van der Waals surface area (Å²) in [7, 11) is 3.11. The minimum absolute atomic E-state index is 0.0660. The summed E-state index contributed by atoms with van der Waals surface area (Å²) in [6, 6.07) is 22.4. The summed E-state index contributed by atoms with van der Waals surface area (Å²) in [6.45, 7) is 9.01. The van der Waals surface area contributed by atoms with Crippen molar-refractivity contribution in [3.63, 3.8) is 0 Å². The van der Waals surface area contributed by atoms with Crippen LogP contribution in [0.4, 0.5) is 0 Å². The van der Waals surface area contributed by atoms with Crippen LogP contribution < -0.4 is 20.1 Å². The second-order valence-corrected chi connectivity index (χ2v) is 15.4. The number of para-hydroxylation sites is 1. The highest BCUT2D eigenvalue weighted by Crippen LogP contribution is 2.40. The fourth-order valence-corrected chi connectivity index (χ4v) is 8.20. The summed E-state index contributed by atoms with van der Waals surface area (Å²) in [5.41, 5.74) is 2.54. The van der Waals surface area contributed by atoms with Crippen molar-refractivity contribution in [3.8, 4) is 11.5 Å². The number of aromatic amines is 1. The van der Waals surface area contributed by atoms with Crippen LogP contribution in [0.25, 0.3) is 10.9 Å². The fraction of sp³-hybridized carbons (Fsp3) is 0.442. The van der Waals surface area contributed by atoms with E-state index >= 15 is 0 Å². The number of ether oxygens (including phenoxy) is 2. The van der Waals surface area contributed by atoms with Crippen molar-refractivity contribution >= 4 is 34.5 Å². The first-order valence-corrected chi connectivity index (χ1v) is 19.0. The largest absolute Gasteiger partial charge is 0.493 e. The quantitative estimate of drug-likeness (QED) is 0.170. The number of likely N-dealkylation sites (N-methyl/N-ethyl adjacent to an activating group) is 1. The van der Waals surface area contributed by atoms with Gasteiger partial charge in [-0.15, -0.1) is 0 Å². The van der Waals surface area contributed by atoms with Gasteiger partial charge < -0.3 is 34.9 Å². The van der Waals surface area contributed by atoms with Crippen molar-refractivity contribution in [2.45, 2.75) is 64.5 Å². The van der Waals surface area contributed by atoms with E-state index in [0.717, 1.165) is 28.5 Å².